The molecule has 1 aromatic heterocycles. The van der Waals surface area contributed by atoms with Crippen LogP contribution < -0.4 is 14.8 Å². The van der Waals surface area contributed by atoms with Gasteiger partial charge in [-0.1, -0.05) is 54.6 Å². The summed E-state index contributed by atoms with van der Waals surface area (Å²) in [5, 5.41) is 4.27. The number of benzene rings is 3. The van der Waals surface area contributed by atoms with Crippen molar-refractivity contribution >= 4 is 22.4 Å². The van der Waals surface area contributed by atoms with Crippen molar-refractivity contribution in [2.24, 2.45) is 0 Å². The van der Waals surface area contributed by atoms with E-state index < -0.39 is 6.04 Å². The number of Topliss-reactive ketones (excluding diaryl/α,β-unsaturated/α-hetero) is 1. The van der Waals surface area contributed by atoms with E-state index in [1.54, 1.807) is 20.4 Å². The molecule has 0 aliphatic rings. The number of aromatic amines is 1. The van der Waals surface area contributed by atoms with E-state index in [2.05, 4.69) is 10.3 Å². The molecule has 5 nitrogen and oxygen atoms in total. The molecule has 146 valence electrons. The van der Waals surface area contributed by atoms with Gasteiger partial charge in [0, 0.05) is 22.7 Å². The molecule has 4 aromatic rings. The van der Waals surface area contributed by atoms with Crippen LogP contribution in [-0.2, 0) is 0 Å². The van der Waals surface area contributed by atoms with Gasteiger partial charge in [-0.05, 0) is 23.8 Å². The fourth-order valence-electron chi connectivity index (χ4n) is 3.53. The van der Waals surface area contributed by atoms with Crippen LogP contribution in [0.1, 0.15) is 22.0 Å². The first-order chi connectivity index (χ1) is 14.2. The third kappa shape index (κ3) is 3.55. The second kappa shape index (κ2) is 8.10. The smallest absolute Gasteiger partial charge is 0.191 e. The van der Waals surface area contributed by atoms with Crippen molar-refractivity contribution in [1.29, 1.82) is 0 Å². The first-order valence-corrected chi connectivity index (χ1v) is 9.35. The highest BCUT2D eigenvalue weighted by molar-refractivity contribution is 6.11. The predicted molar refractivity (Wildman–Crippen MR) is 115 cm³/mol. The van der Waals surface area contributed by atoms with Crippen molar-refractivity contribution in [3.8, 4) is 11.5 Å². The van der Waals surface area contributed by atoms with E-state index in [-0.39, 0.29) is 5.78 Å². The number of H-pyrrole nitrogens is 1. The summed E-state index contributed by atoms with van der Waals surface area (Å²) in [4.78, 5) is 16.8. The quantitative estimate of drug-likeness (QED) is 0.427. The molecule has 0 saturated carbocycles. The van der Waals surface area contributed by atoms with Crippen LogP contribution >= 0.6 is 0 Å². The van der Waals surface area contributed by atoms with Crippen LogP contribution in [0.25, 0.3) is 10.9 Å². The lowest BCUT2D eigenvalue weighted by atomic mass is 9.96. The second-order valence-corrected chi connectivity index (χ2v) is 6.64. The van der Waals surface area contributed by atoms with Crippen molar-refractivity contribution in [3.63, 3.8) is 0 Å². The maximum Gasteiger partial charge on any atom is 0.191 e. The molecule has 1 atom stereocenters. The molecule has 4 rings (SSSR count). The first-order valence-electron chi connectivity index (χ1n) is 9.35. The van der Waals surface area contributed by atoms with Gasteiger partial charge in [0.1, 0.15) is 6.04 Å². The number of ketones is 1. The summed E-state index contributed by atoms with van der Waals surface area (Å²) in [6.07, 6.45) is 1.77. The molecule has 0 amide bonds. The highest BCUT2D eigenvalue weighted by Gasteiger charge is 2.26. The Morgan fingerprint density at radius 2 is 1.66 bits per heavy atom. The monoisotopic (exact) mass is 386 g/mol. The average molecular weight is 386 g/mol. The largest absolute Gasteiger partial charge is 0.493 e. The molecular formula is C24H22N2O3. The first kappa shape index (κ1) is 18.6. The van der Waals surface area contributed by atoms with Gasteiger partial charge in [-0.15, -0.1) is 0 Å². The standard InChI is InChI=1S/C24H22N2O3/c1-28-21-14-8-13-20(24(21)29-2)26-22(16-9-4-3-5-10-16)23(27)18-15-25-19-12-7-6-11-17(18)19/h3-15,22,25-26H,1-2H3. The van der Waals surface area contributed by atoms with Gasteiger partial charge in [0.2, 0.25) is 0 Å². The molecule has 0 saturated heterocycles. The summed E-state index contributed by atoms with van der Waals surface area (Å²) in [7, 11) is 3.18. The van der Waals surface area contributed by atoms with E-state index in [0.29, 0.717) is 22.7 Å². The van der Waals surface area contributed by atoms with Crippen LogP contribution in [0.3, 0.4) is 0 Å². The lowest BCUT2D eigenvalue weighted by Crippen LogP contribution is -2.21. The molecule has 3 aromatic carbocycles. The number of nitrogens with one attached hydrogen (secondary N) is 2. The molecule has 0 bridgehead atoms. The zero-order chi connectivity index (χ0) is 20.2. The topological polar surface area (TPSA) is 63.3 Å². The fourth-order valence-corrected chi connectivity index (χ4v) is 3.53. The summed E-state index contributed by atoms with van der Waals surface area (Å²) in [5.74, 6) is 1.13. The molecule has 0 radical (unpaired) electrons. The maximum atomic E-state index is 13.6. The Balaban J connectivity index is 1.79. The molecule has 0 aliphatic heterocycles. The Morgan fingerprint density at radius 3 is 2.41 bits per heavy atom. The van der Waals surface area contributed by atoms with Crippen LogP contribution in [0, 0.1) is 0 Å². The SMILES string of the molecule is COc1cccc(NC(C(=O)c2c[nH]c3ccccc23)c2ccccc2)c1OC. The molecule has 2 N–H and O–H groups in total. The summed E-state index contributed by atoms with van der Waals surface area (Å²) < 4.78 is 10.9. The number of ether oxygens (including phenoxy) is 2. The highest BCUT2D eigenvalue weighted by Crippen LogP contribution is 2.37. The zero-order valence-corrected chi connectivity index (χ0v) is 16.3. The Morgan fingerprint density at radius 1 is 0.897 bits per heavy atom. The molecule has 0 aliphatic carbocycles. The minimum absolute atomic E-state index is 0.0291. The van der Waals surface area contributed by atoms with Crippen molar-refractivity contribution in [3.05, 3.63) is 90.1 Å². The van der Waals surface area contributed by atoms with E-state index in [1.165, 1.54) is 0 Å². The van der Waals surface area contributed by atoms with Crippen LogP contribution in [0.15, 0.2) is 79.0 Å². The summed E-state index contributed by atoms with van der Waals surface area (Å²) in [6.45, 7) is 0. The number of rotatable bonds is 7. The summed E-state index contributed by atoms with van der Waals surface area (Å²) >= 11 is 0. The van der Waals surface area contributed by atoms with Gasteiger partial charge in [-0.2, -0.15) is 0 Å². The maximum absolute atomic E-state index is 13.6. The van der Waals surface area contributed by atoms with E-state index in [0.717, 1.165) is 16.5 Å². The van der Waals surface area contributed by atoms with Crippen LogP contribution in [0.2, 0.25) is 0 Å². The van der Waals surface area contributed by atoms with Gasteiger partial charge in [-0.25, -0.2) is 0 Å². The highest BCUT2D eigenvalue weighted by atomic mass is 16.5. The second-order valence-electron chi connectivity index (χ2n) is 6.64. The van der Waals surface area contributed by atoms with Crippen LogP contribution in [0.4, 0.5) is 5.69 Å². The minimum Gasteiger partial charge on any atom is -0.493 e. The Kier molecular flexibility index (Phi) is 5.20. The number of fused-ring (bicyclic) bond motifs is 1. The van der Waals surface area contributed by atoms with Crippen molar-refractivity contribution < 1.29 is 14.3 Å². The third-order valence-corrected chi connectivity index (χ3v) is 4.95. The molecule has 0 fully saturated rings. The third-order valence-electron chi connectivity index (χ3n) is 4.95. The lowest BCUT2D eigenvalue weighted by molar-refractivity contribution is 0.0971. The number of hydrogen-bond acceptors (Lipinski definition) is 4. The van der Waals surface area contributed by atoms with Crippen molar-refractivity contribution in [2.45, 2.75) is 6.04 Å². The van der Waals surface area contributed by atoms with Gasteiger partial charge in [0.05, 0.1) is 19.9 Å². The molecule has 1 heterocycles. The molecule has 1 unspecified atom stereocenters. The Hall–Kier alpha value is -3.73. The number of methoxy groups -OCH3 is 2. The number of anilines is 1. The van der Waals surface area contributed by atoms with E-state index >= 15 is 0 Å². The number of aromatic nitrogens is 1. The number of hydrogen-bond donors (Lipinski definition) is 2. The lowest BCUT2D eigenvalue weighted by Gasteiger charge is -2.21. The Labute approximate surface area is 169 Å². The van der Waals surface area contributed by atoms with E-state index in [4.69, 9.17) is 9.47 Å². The van der Waals surface area contributed by atoms with Gasteiger partial charge >= 0.3 is 0 Å². The van der Waals surface area contributed by atoms with Crippen LogP contribution in [0.5, 0.6) is 11.5 Å². The number of carbonyl (C=O) groups is 1. The fraction of sp³-hybridized carbons (Fsp3) is 0.125. The number of para-hydroxylation sites is 2. The molecule has 29 heavy (non-hydrogen) atoms. The zero-order valence-electron chi connectivity index (χ0n) is 16.3. The minimum atomic E-state index is -0.587. The number of carbonyl (C=O) groups excluding carboxylic acids is 1. The normalized spacial score (nSPS) is 11.8. The predicted octanol–water partition coefficient (Wildman–Crippen LogP) is 5.22. The molecule has 0 spiro atoms. The average Bonchev–Trinajstić information content (AvgIpc) is 3.21. The van der Waals surface area contributed by atoms with Crippen LogP contribution in [-0.4, -0.2) is 25.0 Å². The summed E-state index contributed by atoms with van der Waals surface area (Å²) in [6, 6.07) is 22.4. The van der Waals surface area contributed by atoms with Crippen molar-refractivity contribution in [1.82, 2.24) is 4.98 Å². The van der Waals surface area contributed by atoms with Gasteiger partial charge in [0.25, 0.3) is 0 Å². The van der Waals surface area contributed by atoms with Gasteiger partial charge in [-0.3, -0.25) is 4.79 Å². The van der Waals surface area contributed by atoms with Crippen molar-refractivity contribution in [2.75, 3.05) is 19.5 Å². The van der Waals surface area contributed by atoms with Gasteiger partial charge < -0.3 is 19.8 Å². The molecular weight excluding hydrogens is 364 g/mol. The van der Waals surface area contributed by atoms with E-state index in [9.17, 15) is 4.79 Å². The van der Waals surface area contributed by atoms with Gasteiger partial charge in [0.15, 0.2) is 17.3 Å². The Bertz CT molecular complexity index is 1140. The molecule has 5 heteroatoms. The summed E-state index contributed by atoms with van der Waals surface area (Å²) in [5.41, 5.74) is 3.13. The van der Waals surface area contributed by atoms with E-state index in [1.807, 2.05) is 72.8 Å².